The van der Waals surface area contributed by atoms with Gasteiger partial charge in [-0.05, 0) is 36.6 Å². The lowest BCUT2D eigenvalue weighted by Gasteiger charge is -2.20. The minimum absolute atomic E-state index is 0.0673. The number of nitrogens with zero attached hydrogens (tertiary/aromatic N) is 3. The van der Waals surface area contributed by atoms with Crippen LogP contribution in [0.4, 0.5) is 5.82 Å². The highest BCUT2D eigenvalue weighted by atomic mass is 16.5. The number of benzene rings is 1. The van der Waals surface area contributed by atoms with E-state index < -0.39 is 0 Å². The van der Waals surface area contributed by atoms with Crippen molar-refractivity contribution in [3.8, 4) is 5.75 Å². The second kappa shape index (κ2) is 7.82. The van der Waals surface area contributed by atoms with Gasteiger partial charge in [0, 0.05) is 19.2 Å². The lowest BCUT2D eigenvalue weighted by Crippen LogP contribution is -2.31. The van der Waals surface area contributed by atoms with Crippen LogP contribution < -0.4 is 9.64 Å². The van der Waals surface area contributed by atoms with Gasteiger partial charge in [0.1, 0.15) is 12.4 Å². The van der Waals surface area contributed by atoms with Crippen LogP contribution in [0, 0.1) is 12.8 Å². The standard InChI is InChI=1S/C22H27N3O2/c1-6-18-21(24(5)22(26)15(2)3)25-13-9-12-19(20(25)23-18)27-14-17-11-8-7-10-16(17)4/h7-13,15H,6,14H2,1-5H3. The number of rotatable bonds is 6. The van der Waals surface area contributed by atoms with Crippen molar-refractivity contribution < 1.29 is 9.53 Å². The number of imidazole rings is 1. The summed E-state index contributed by atoms with van der Waals surface area (Å²) in [5.41, 5.74) is 3.97. The molecule has 1 aromatic carbocycles. The number of carbonyl (C=O) groups excluding carboxylic acids is 1. The van der Waals surface area contributed by atoms with E-state index in [9.17, 15) is 4.79 Å². The summed E-state index contributed by atoms with van der Waals surface area (Å²) in [4.78, 5) is 19.0. The van der Waals surface area contributed by atoms with Crippen molar-refractivity contribution in [2.24, 2.45) is 5.92 Å². The number of amides is 1. The molecule has 1 amide bonds. The van der Waals surface area contributed by atoms with E-state index in [-0.39, 0.29) is 11.8 Å². The first kappa shape index (κ1) is 19.0. The summed E-state index contributed by atoms with van der Waals surface area (Å²) in [6, 6.07) is 12.0. The van der Waals surface area contributed by atoms with E-state index in [1.165, 1.54) is 5.56 Å². The molecule has 0 aliphatic carbocycles. The fourth-order valence-electron chi connectivity index (χ4n) is 3.20. The molecular weight excluding hydrogens is 338 g/mol. The molecule has 0 saturated heterocycles. The van der Waals surface area contributed by atoms with Gasteiger partial charge in [0.05, 0.1) is 5.69 Å². The van der Waals surface area contributed by atoms with E-state index in [1.54, 1.807) is 4.90 Å². The zero-order valence-corrected chi connectivity index (χ0v) is 16.7. The molecule has 2 aromatic heterocycles. The Morgan fingerprint density at radius 2 is 1.96 bits per heavy atom. The Morgan fingerprint density at radius 3 is 2.63 bits per heavy atom. The molecule has 142 valence electrons. The summed E-state index contributed by atoms with van der Waals surface area (Å²) >= 11 is 0. The van der Waals surface area contributed by atoms with Crippen LogP contribution in [-0.2, 0) is 17.8 Å². The molecule has 0 N–H and O–H groups in total. The average molecular weight is 365 g/mol. The second-order valence-corrected chi connectivity index (χ2v) is 7.07. The summed E-state index contributed by atoms with van der Waals surface area (Å²) in [5.74, 6) is 1.52. The Morgan fingerprint density at radius 1 is 1.22 bits per heavy atom. The predicted octanol–water partition coefficient (Wildman–Crippen LogP) is 4.40. The third-order valence-corrected chi connectivity index (χ3v) is 4.78. The van der Waals surface area contributed by atoms with Gasteiger partial charge in [-0.1, -0.05) is 45.0 Å². The van der Waals surface area contributed by atoms with Gasteiger partial charge in [0.15, 0.2) is 11.4 Å². The number of aromatic nitrogens is 2. The van der Waals surface area contributed by atoms with Gasteiger partial charge in [0.2, 0.25) is 5.91 Å². The lowest BCUT2D eigenvalue weighted by atomic mass is 10.1. The highest BCUT2D eigenvalue weighted by Crippen LogP contribution is 2.29. The van der Waals surface area contributed by atoms with Gasteiger partial charge in [0.25, 0.3) is 0 Å². The van der Waals surface area contributed by atoms with E-state index in [0.29, 0.717) is 12.4 Å². The van der Waals surface area contributed by atoms with Crippen molar-refractivity contribution in [1.29, 1.82) is 0 Å². The minimum Gasteiger partial charge on any atom is -0.485 e. The van der Waals surface area contributed by atoms with Crippen molar-refractivity contribution >= 4 is 17.4 Å². The topological polar surface area (TPSA) is 46.8 Å². The molecule has 5 nitrogen and oxygen atoms in total. The summed E-state index contributed by atoms with van der Waals surface area (Å²) < 4.78 is 8.05. The van der Waals surface area contributed by atoms with Gasteiger partial charge in [-0.3, -0.25) is 14.1 Å². The van der Waals surface area contributed by atoms with Gasteiger partial charge in [-0.15, -0.1) is 0 Å². The molecule has 0 fully saturated rings. The number of anilines is 1. The molecule has 0 spiro atoms. The monoisotopic (exact) mass is 365 g/mol. The number of carbonyl (C=O) groups is 1. The Bertz CT molecular complexity index is 959. The van der Waals surface area contributed by atoms with Crippen LogP contribution >= 0.6 is 0 Å². The van der Waals surface area contributed by atoms with Crippen molar-refractivity contribution in [2.75, 3.05) is 11.9 Å². The maximum atomic E-state index is 12.5. The largest absolute Gasteiger partial charge is 0.485 e. The van der Waals surface area contributed by atoms with Crippen LogP contribution in [0.5, 0.6) is 5.75 Å². The second-order valence-electron chi connectivity index (χ2n) is 7.07. The summed E-state index contributed by atoms with van der Waals surface area (Å²) in [5, 5.41) is 0. The van der Waals surface area contributed by atoms with Crippen LogP contribution in [0.3, 0.4) is 0 Å². The molecule has 3 aromatic rings. The molecule has 0 radical (unpaired) electrons. The molecular formula is C22H27N3O2. The molecule has 0 unspecified atom stereocenters. The molecule has 0 atom stereocenters. The van der Waals surface area contributed by atoms with Crippen molar-refractivity contribution in [3.63, 3.8) is 0 Å². The smallest absolute Gasteiger partial charge is 0.230 e. The van der Waals surface area contributed by atoms with E-state index in [1.807, 2.05) is 62.7 Å². The predicted molar refractivity (Wildman–Crippen MR) is 108 cm³/mol. The third-order valence-electron chi connectivity index (χ3n) is 4.78. The number of fused-ring (bicyclic) bond motifs is 1. The van der Waals surface area contributed by atoms with E-state index >= 15 is 0 Å². The highest BCUT2D eigenvalue weighted by molar-refractivity contribution is 5.94. The first-order chi connectivity index (χ1) is 12.9. The molecule has 0 aliphatic heterocycles. The van der Waals surface area contributed by atoms with Crippen molar-refractivity contribution in [2.45, 2.75) is 40.7 Å². The Hall–Kier alpha value is -2.82. The number of ether oxygens (including phenoxy) is 1. The third kappa shape index (κ3) is 3.68. The zero-order chi connectivity index (χ0) is 19.6. The van der Waals surface area contributed by atoms with Crippen molar-refractivity contribution in [3.05, 3.63) is 59.4 Å². The minimum atomic E-state index is -0.0780. The van der Waals surface area contributed by atoms with E-state index in [2.05, 4.69) is 19.1 Å². The zero-order valence-electron chi connectivity index (χ0n) is 16.7. The average Bonchev–Trinajstić information content (AvgIpc) is 3.05. The quantitative estimate of drug-likeness (QED) is 0.650. The number of pyridine rings is 1. The fourth-order valence-corrected chi connectivity index (χ4v) is 3.20. The molecule has 3 rings (SSSR count). The lowest BCUT2D eigenvalue weighted by molar-refractivity contribution is -0.121. The van der Waals surface area contributed by atoms with Crippen LogP contribution in [-0.4, -0.2) is 22.3 Å². The first-order valence-electron chi connectivity index (χ1n) is 9.38. The van der Waals surface area contributed by atoms with Crippen LogP contribution in [0.25, 0.3) is 5.65 Å². The van der Waals surface area contributed by atoms with Gasteiger partial charge < -0.3 is 4.74 Å². The summed E-state index contributed by atoms with van der Waals surface area (Å²) in [7, 11) is 1.81. The Labute approximate surface area is 160 Å². The maximum Gasteiger partial charge on any atom is 0.230 e. The maximum absolute atomic E-state index is 12.5. The molecule has 0 saturated carbocycles. The normalized spacial score (nSPS) is 11.2. The molecule has 0 aliphatic rings. The Balaban J connectivity index is 1.99. The van der Waals surface area contributed by atoms with Gasteiger partial charge in [-0.2, -0.15) is 0 Å². The van der Waals surface area contributed by atoms with Gasteiger partial charge in [-0.25, -0.2) is 4.98 Å². The van der Waals surface area contributed by atoms with Crippen LogP contribution in [0.1, 0.15) is 37.6 Å². The van der Waals surface area contributed by atoms with Crippen molar-refractivity contribution in [1.82, 2.24) is 9.38 Å². The number of hydrogen-bond donors (Lipinski definition) is 0. The fraction of sp³-hybridized carbons (Fsp3) is 0.364. The molecule has 27 heavy (non-hydrogen) atoms. The van der Waals surface area contributed by atoms with E-state index in [0.717, 1.165) is 29.1 Å². The highest BCUT2D eigenvalue weighted by Gasteiger charge is 2.23. The summed E-state index contributed by atoms with van der Waals surface area (Å²) in [6.07, 6.45) is 2.67. The number of hydrogen-bond acceptors (Lipinski definition) is 3. The Kier molecular flexibility index (Phi) is 5.49. The summed E-state index contributed by atoms with van der Waals surface area (Å²) in [6.45, 7) is 8.42. The molecule has 0 bridgehead atoms. The molecule has 2 heterocycles. The number of aryl methyl sites for hydroxylation is 2. The van der Waals surface area contributed by atoms with Crippen LogP contribution in [0.15, 0.2) is 42.6 Å². The van der Waals surface area contributed by atoms with Crippen LogP contribution in [0.2, 0.25) is 0 Å². The van der Waals surface area contributed by atoms with Gasteiger partial charge >= 0.3 is 0 Å². The first-order valence-corrected chi connectivity index (χ1v) is 9.38. The van der Waals surface area contributed by atoms with E-state index in [4.69, 9.17) is 9.72 Å². The SMILES string of the molecule is CCc1nc2c(OCc3ccccc3C)cccn2c1N(C)C(=O)C(C)C. The molecule has 5 heteroatoms.